The summed E-state index contributed by atoms with van der Waals surface area (Å²) in [7, 11) is -0.399. The molecule has 26 heavy (non-hydrogen) atoms. The minimum atomic E-state index is -2.18. The molecule has 0 saturated carbocycles. The molecule has 0 aromatic heterocycles. The molecule has 0 unspecified atom stereocenters. The molecule has 0 aliphatic heterocycles. The second-order valence-electron chi connectivity index (χ2n) is 6.26. The van der Waals surface area contributed by atoms with E-state index < -0.39 is 17.1 Å². The quantitative estimate of drug-likeness (QED) is 0.547. The van der Waals surface area contributed by atoms with Crippen molar-refractivity contribution in [3.05, 3.63) is 60.7 Å². The third-order valence-corrected chi connectivity index (χ3v) is 9.13. The van der Waals surface area contributed by atoms with Gasteiger partial charge in [-0.25, -0.2) is 0 Å². The van der Waals surface area contributed by atoms with Crippen LogP contribution in [0.3, 0.4) is 0 Å². The summed E-state index contributed by atoms with van der Waals surface area (Å²) in [4.78, 5) is 0. The van der Waals surface area contributed by atoms with Crippen LogP contribution in [0.15, 0.2) is 60.7 Å². The summed E-state index contributed by atoms with van der Waals surface area (Å²) in [5.74, 6) is 1.72. The summed E-state index contributed by atoms with van der Waals surface area (Å²) in [6.07, 6.45) is 0. The molecule has 2 rings (SSSR count). The third-order valence-electron chi connectivity index (χ3n) is 4.04. The van der Waals surface area contributed by atoms with Crippen LogP contribution in [0.2, 0.25) is 25.2 Å². The maximum absolute atomic E-state index is 5.92. The fourth-order valence-electron chi connectivity index (χ4n) is 2.48. The molecule has 6 heteroatoms. The third kappa shape index (κ3) is 7.74. The predicted octanol–water partition coefficient (Wildman–Crippen LogP) is 5.61. The Morgan fingerprint density at radius 2 is 1.00 bits per heavy atom. The topological polar surface area (TPSA) is 36.9 Å². The van der Waals surface area contributed by atoms with E-state index in [-0.39, 0.29) is 0 Å². The summed E-state index contributed by atoms with van der Waals surface area (Å²) in [6, 6.07) is 21.7. The standard InChI is InChI=1S/C14H16O2Si.C6H16O2Si/c1-17(2,15-13-9-5-3-6-10-13)16-14-11-7-4-8-12-14;1-5-9(6-2,7-3)8-4/h3-12H,1-2H3;5-6H2,1-4H3. The Bertz CT molecular complexity index is 541. The van der Waals surface area contributed by atoms with E-state index in [1.165, 1.54) is 0 Å². The predicted molar refractivity (Wildman–Crippen MR) is 112 cm³/mol. The molecule has 0 aliphatic carbocycles. The van der Waals surface area contributed by atoms with E-state index in [2.05, 4.69) is 13.8 Å². The van der Waals surface area contributed by atoms with Crippen molar-refractivity contribution in [3.8, 4) is 11.5 Å². The molecule has 0 aliphatic rings. The van der Waals surface area contributed by atoms with Crippen molar-refractivity contribution in [2.75, 3.05) is 14.2 Å². The van der Waals surface area contributed by atoms with Gasteiger partial charge in [0.1, 0.15) is 11.5 Å². The van der Waals surface area contributed by atoms with E-state index in [1.807, 2.05) is 73.8 Å². The van der Waals surface area contributed by atoms with Gasteiger partial charge in [0.25, 0.3) is 0 Å². The Balaban J connectivity index is 0.000000321. The number of benzene rings is 2. The Kier molecular flexibility index (Phi) is 9.65. The second-order valence-corrected chi connectivity index (χ2v) is 13.5. The number of hydrogen-bond acceptors (Lipinski definition) is 4. The van der Waals surface area contributed by atoms with Crippen LogP contribution in [0.4, 0.5) is 0 Å². The maximum Gasteiger partial charge on any atom is 0.454 e. The molecule has 0 N–H and O–H groups in total. The Morgan fingerprint density at radius 3 is 1.23 bits per heavy atom. The zero-order valence-electron chi connectivity index (χ0n) is 16.8. The molecule has 0 spiro atoms. The number of hydrogen-bond donors (Lipinski definition) is 0. The fraction of sp³-hybridized carbons (Fsp3) is 0.400. The highest BCUT2D eigenvalue weighted by Gasteiger charge is 2.30. The summed E-state index contributed by atoms with van der Waals surface area (Å²) in [5, 5.41) is 0. The highest BCUT2D eigenvalue weighted by atomic mass is 28.4. The molecule has 0 bridgehead atoms. The normalized spacial score (nSPS) is 11.3. The second kappa shape index (κ2) is 11.2. The minimum absolute atomic E-state index is 0.861. The van der Waals surface area contributed by atoms with Crippen molar-refractivity contribution in [1.82, 2.24) is 0 Å². The van der Waals surface area contributed by atoms with Crippen molar-refractivity contribution < 1.29 is 17.7 Å². The molecule has 0 radical (unpaired) electrons. The van der Waals surface area contributed by atoms with Gasteiger partial charge in [-0.1, -0.05) is 50.2 Å². The summed E-state index contributed by atoms with van der Waals surface area (Å²) >= 11 is 0. The molecule has 0 amide bonds. The Hall–Kier alpha value is -1.61. The summed E-state index contributed by atoms with van der Waals surface area (Å²) in [5.41, 5.74) is 0. The molecule has 0 heterocycles. The molecule has 144 valence electrons. The van der Waals surface area contributed by atoms with Crippen LogP contribution in [0, 0.1) is 0 Å². The van der Waals surface area contributed by atoms with Crippen LogP contribution in [-0.4, -0.2) is 31.3 Å². The van der Waals surface area contributed by atoms with Crippen molar-refractivity contribution in [2.45, 2.75) is 39.0 Å². The van der Waals surface area contributed by atoms with Crippen molar-refractivity contribution in [3.63, 3.8) is 0 Å². The first-order chi connectivity index (χ1) is 12.4. The van der Waals surface area contributed by atoms with Crippen LogP contribution < -0.4 is 8.85 Å². The van der Waals surface area contributed by atoms with E-state index in [0.29, 0.717) is 0 Å². The maximum atomic E-state index is 5.92. The van der Waals surface area contributed by atoms with Crippen molar-refractivity contribution in [1.29, 1.82) is 0 Å². The van der Waals surface area contributed by atoms with Crippen LogP contribution in [-0.2, 0) is 8.85 Å². The van der Waals surface area contributed by atoms with Crippen LogP contribution in [0.5, 0.6) is 11.5 Å². The van der Waals surface area contributed by atoms with Gasteiger partial charge < -0.3 is 17.7 Å². The van der Waals surface area contributed by atoms with Crippen LogP contribution >= 0.6 is 0 Å². The number of rotatable bonds is 8. The van der Waals surface area contributed by atoms with E-state index in [9.17, 15) is 0 Å². The van der Waals surface area contributed by atoms with Gasteiger partial charge in [-0.15, -0.1) is 0 Å². The molecule has 0 fully saturated rings. The van der Waals surface area contributed by atoms with Gasteiger partial charge in [-0.3, -0.25) is 0 Å². The lowest BCUT2D eigenvalue weighted by molar-refractivity contribution is 0.244. The average Bonchev–Trinajstić information content (AvgIpc) is 2.65. The monoisotopic (exact) mass is 392 g/mol. The van der Waals surface area contributed by atoms with Gasteiger partial charge >= 0.3 is 17.1 Å². The molecular formula is C20H32O4Si2. The average molecular weight is 393 g/mol. The van der Waals surface area contributed by atoms with E-state index in [0.717, 1.165) is 23.6 Å². The smallest absolute Gasteiger partial charge is 0.454 e. The first kappa shape index (κ1) is 22.4. The lowest BCUT2D eigenvalue weighted by atomic mass is 10.3. The molecule has 0 atom stereocenters. The molecule has 0 saturated heterocycles. The molecule has 2 aromatic rings. The lowest BCUT2D eigenvalue weighted by Crippen LogP contribution is -2.41. The van der Waals surface area contributed by atoms with Crippen LogP contribution in [0.1, 0.15) is 13.8 Å². The molecule has 2 aromatic carbocycles. The van der Waals surface area contributed by atoms with E-state index >= 15 is 0 Å². The zero-order valence-corrected chi connectivity index (χ0v) is 18.8. The summed E-state index contributed by atoms with van der Waals surface area (Å²) < 4.78 is 22.4. The van der Waals surface area contributed by atoms with Gasteiger partial charge in [0.15, 0.2) is 0 Å². The summed E-state index contributed by atoms with van der Waals surface area (Å²) in [6.45, 7) is 8.30. The lowest BCUT2D eigenvalue weighted by Gasteiger charge is -2.24. The Labute approximate surface area is 160 Å². The van der Waals surface area contributed by atoms with Crippen molar-refractivity contribution in [2.24, 2.45) is 0 Å². The van der Waals surface area contributed by atoms with Gasteiger partial charge in [-0.05, 0) is 36.4 Å². The zero-order chi connectivity index (χ0) is 19.5. The van der Waals surface area contributed by atoms with Gasteiger partial charge in [0.2, 0.25) is 0 Å². The van der Waals surface area contributed by atoms with E-state index in [1.54, 1.807) is 14.2 Å². The molecular weight excluding hydrogens is 360 g/mol. The molecule has 4 nitrogen and oxygen atoms in total. The van der Waals surface area contributed by atoms with E-state index in [4.69, 9.17) is 17.7 Å². The van der Waals surface area contributed by atoms with Gasteiger partial charge in [-0.2, -0.15) is 0 Å². The number of para-hydroxylation sites is 2. The Morgan fingerprint density at radius 1 is 0.654 bits per heavy atom. The fourth-order valence-corrected chi connectivity index (χ4v) is 5.75. The van der Waals surface area contributed by atoms with Crippen molar-refractivity contribution >= 4 is 17.1 Å². The highest BCUT2D eigenvalue weighted by molar-refractivity contribution is 6.67. The van der Waals surface area contributed by atoms with Gasteiger partial charge in [0, 0.05) is 27.3 Å². The highest BCUT2D eigenvalue weighted by Crippen LogP contribution is 2.19. The minimum Gasteiger partial charge on any atom is -0.512 e. The first-order valence-electron chi connectivity index (χ1n) is 8.98. The largest absolute Gasteiger partial charge is 0.512 e. The van der Waals surface area contributed by atoms with Crippen LogP contribution in [0.25, 0.3) is 0 Å². The first-order valence-corrected chi connectivity index (χ1v) is 14.0. The SMILES string of the molecule is CC[Si](CC)(OC)OC.C[Si](C)(Oc1ccccc1)Oc1ccccc1. The van der Waals surface area contributed by atoms with Gasteiger partial charge in [0.05, 0.1) is 0 Å².